The van der Waals surface area contributed by atoms with E-state index in [-0.39, 0.29) is 23.2 Å². The molecule has 3 aliphatic rings. The quantitative estimate of drug-likeness (QED) is 0.455. The van der Waals surface area contributed by atoms with Crippen molar-refractivity contribution in [2.24, 2.45) is 5.92 Å². The molecule has 2 aromatic rings. The first-order valence-corrected chi connectivity index (χ1v) is 13.1. The SMILES string of the molecule is N#Cc1c(N2CCN(CC3CCc4ccccc4N3C(=O)C3CCCCC3)CC2)cccc1[N+](=O)[O-]. The fourth-order valence-corrected chi connectivity index (χ4v) is 6.15. The Bertz CT molecular complexity index is 1160. The van der Waals surface area contributed by atoms with Crippen LogP contribution in [0.15, 0.2) is 42.5 Å². The first-order valence-electron chi connectivity index (χ1n) is 13.1. The van der Waals surface area contributed by atoms with Gasteiger partial charge in [-0.3, -0.25) is 19.8 Å². The fourth-order valence-electron chi connectivity index (χ4n) is 6.15. The van der Waals surface area contributed by atoms with E-state index in [1.807, 2.05) is 12.1 Å². The van der Waals surface area contributed by atoms with Crippen LogP contribution in [0.25, 0.3) is 0 Å². The highest BCUT2D eigenvalue weighted by molar-refractivity contribution is 5.97. The van der Waals surface area contributed by atoms with E-state index >= 15 is 0 Å². The van der Waals surface area contributed by atoms with Crippen molar-refractivity contribution in [2.75, 3.05) is 42.5 Å². The van der Waals surface area contributed by atoms with Crippen molar-refractivity contribution in [1.82, 2.24) is 4.90 Å². The van der Waals surface area contributed by atoms with E-state index in [1.54, 1.807) is 12.1 Å². The molecule has 188 valence electrons. The Morgan fingerprint density at radius 3 is 2.42 bits per heavy atom. The number of hydrogen-bond acceptors (Lipinski definition) is 6. The summed E-state index contributed by atoms with van der Waals surface area (Å²) in [7, 11) is 0. The fraction of sp³-hybridized carbons (Fsp3) is 0.500. The van der Waals surface area contributed by atoms with Gasteiger partial charge in [0.05, 0.1) is 10.6 Å². The normalized spacial score (nSPS) is 21.0. The number of aryl methyl sites for hydroxylation is 1. The molecule has 0 aromatic heterocycles. The molecule has 1 saturated heterocycles. The summed E-state index contributed by atoms with van der Waals surface area (Å²) in [5.74, 6) is 0.420. The number of piperazine rings is 1. The Morgan fingerprint density at radius 1 is 0.972 bits per heavy atom. The van der Waals surface area contributed by atoms with Gasteiger partial charge in [-0.05, 0) is 43.4 Å². The molecule has 8 heteroatoms. The molecule has 5 rings (SSSR count). The molecular weight excluding hydrogens is 454 g/mol. The highest BCUT2D eigenvalue weighted by atomic mass is 16.6. The van der Waals surface area contributed by atoms with Crippen LogP contribution < -0.4 is 9.80 Å². The molecule has 2 aliphatic heterocycles. The van der Waals surface area contributed by atoms with Crippen LogP contribution in [0, 0.1) is 27.4 Å². The number of amides is 1. The van der Waals surface area contributed by atoms with Crippen molar-refractivity contribution < 1.29 is 9.72 Å². The Balaban J connectivity index is 1.30. The molecule has 36 heavy (non-hydrogen) atoms. The van der Waals surface area contributed by atoms with Gasteiger partial charge in [0, 0.05) is 56.4 Å². The van der Waals surface area contributed by atoms with Crippen LogP contribution in [-0.4, -0.2) is 54.5 Å². The Kier molecular flexibility index (Phi) is 7.19. The van der Waals surface area contributed by atoms with Gasteiger partial charge in [0.1, 0.15) is 6.07 Å². The van der Waals surface area contributed by atoms with Crippen molar-refractivity contribution in [3.8, 4) is 6.07 Å². The van der Waals surface area contributed by atoms with Crippen molar-refractivity contribution in [3.63, 3.8) is 0 Å². The van der Waals surface area contributed by atoms with E-state index in [2.05, 4.69) is 32.9 Å². The van der Waals surface area contributed by atoms with Gasteiger partial charge < -0.3 is 9.80 Å². The summed E-state index contributed by atoms with van der Waals surface area (Å²) in [5, 5.41) is 21.0. The molecule has 2 aromatic carbocycles. The zero-order valence-corrected chi connectivity index (χ0v) is 20.6. The Morgan fingerprint density at radius 2 is 1.69 bits per heavy atom. The van der Waals surface area contributed by atoms with Gasteiger partial charge in [-0.1, -0.05) is 43.5 Å². The van der Waals surface area contributed by atoms with Gasteiger partial charge in [-0.15, -0.1) is 0 Å². The second-order valence-corrected chi connectivity index (χ2v) is 10.2. The number of anilines is 2. The predicted octanol–water partition coefficient (Wildman–Crippen LogP) is 4.52. The predicted molar refractivity (Wildman–Crippen MR) is 139 cm³/mol. The van der Waals surface area contributed by atoms with Gasteiger partial charge in [0.25, 0.3) is 5.69 Å². The average molecular weight is 488 g/mol. The molecular formula is C28H33N5O3. The van der Waals surface area contributed by atoms with Crippen LogP contribution in [0.2, 0.25) is 0 Å². The lowest BCUT2D eigenvalue weighted by Gasteiger charge is -2.43. The lowest BCUT2D eigenvalue weighted by atomic mass is 9.86. The van der Waals surface area contributed by atoms with Crippen LogP contribution in [-0.2, 0) is 11.2 Å². The summed E-state index contributed by atoms with van der Waals surface area (Å²) in [6, 6.07) is 15.4. The van der Waals surface area contributed by atoms with Crippen LogP contribution in [0.4, 0.5) is 17.1 Å². The summed E-state index contributed by atoms with van der Waals surface area (Å²) < 4.78 is 0. The summed E-state index contributed by atoms with van der Waals surface area (Å²) in [6.45, 7) is 3.78. The molecule has 1 unspecified atom stereocenters. The minimum atomic E-state index is -0.489. The molecule has 0 bridgehead atoms. The smallest absolute Gasteiger partial charge is 0.289 e. The maximum atomic E-state index is 13.8. The standard InChI is InChI=1S/C28H33N5O3/c29-19-24-26(11-6-12-27(24)33(35)36)31-17-15-30(16-18-31)20-23-14-13-21-7-4-5-10-25(21)32(23)28(34)22-8-2-1-3-9-22/h4-7,10-12,22-23H,1-3,8-9,13-18,20H2. The van der Waals surface area contributed by atoms with Gasteiger partial charge >= 0.3 is 0 Å². The summed E-state index contributed by atoms with van der Waals surface area (Å²) in [4.78, 5) is 31.3. The van der Waals surface area contributed by atoms with Crippen LogP contribution in [0.3, 0.4) is 0 Å². The van der Waals surface area contributed by atoms with Gasteiger partial charge in [0.15, 0.2) is 5.56 Å². The first kappa shape index (κ1) is 24.3. The number of benzene rings is 2. The number of para-hydroxylation sites is 1. The maximum Gasteiger partial charge on any atom is 0.289 e. The van der Waals surface area contributed by atoms with E-state index in [4.69, 9.17) is 0 Å². The summed E-state index contributed by atoms with van der Waals surface area (Å²) in [5.41, 5.74) is 2.96. The highest BCUT2D eigenvalue weighted by Gasteiger charge is 2.36. The lowest BCUT2D eigenvalue weighted by molar-refractivity contribution is -0.385. The van der Waals surface area contributed by atoms with Gasteiger partial charge in [0.2, 0.25) is 5.91 Å². The summed E-state index contributed by atoms with van der Waals surface area (Å²) in [6.07, 6.45) is 7.43. The monoisotopic (exact) mass is 487 g/mol. The van der Waals surface area contributed by atoms with Gasteiger partial charge in [-0.25, -0.2) is 0 Å². The molecule has 0 spiro atoms. The van der Waals surface area contributed by atoms with E-state index < -0.39 is 4.92 Å². The number of nitriles is 1. The molecule has 1 saturated carbocycles. The molecule has 8 nitrogen and oxygen atoms in total. The van der Waals surface area contributed by atoms with E-state index in [0.717, 1.165) is 63.8 Å². The Labute approximate surface area is 212 Å². The van der Waals surface area contributed by atoms with Gasteiger partial charge in [-0.2, -0.15) is 5.26 Å². The largest absolute Gasteiger partial charge is 0.368 e. The van der Waals surface area contributed by atoms with Crippen molar-refractivity contribution in [2.45, 2.75) is 51.0 Å². The molecule has 1 amide bonds. The zero-order valence-electron chi connectivity index (χ0n) is 20.6. The molecule has 1 atom stereocenters. The number of rotatable bonds is 5. The zero-order chi connectivity index (χ0) is 25.1. The number of hydrogen-bond donors (Lipinski definition) is 0. The number of nitro benzene ring substituents is 1. The number of nitrogens with zero attached hydrogens (tertiary/aromatic N) is 5. The van der Waals surface area contributed by atoms with E-state index in [9.17, 15) is 20.2 Å². The third kappa shape index (κ3) is 4.80. The van der Waals surface area contributed by atoms with Crippen molar-refractivity contribution in [3.05, 3.63) is 63.7 Å². The molecule has 0 radical (unpaired) electrons. The van der Waals surface area contributed by atoms with Crippen LogP contribution in [0.1, 0.15) is 49.7 Å². The number of carbonyl (C=O) groups is 1. The van der Waals surface area contributed by atoms with E-state index in [0.29, 0.717) is 24.7 Å². The second-order valence-electron chi connectivity index (χ2n) is 10.2. The molecule has 2 heterocycles. The molecule has 2 fully saturated rings. The van der Waals surface area contributed by atoms with Crippen LogP contribution in [0.5, 0.6) is 0 Å². The Hall–Kier alpha value is -3.44. The lowest BCUT2D eigenvalue weighted by Crippen LogP contribution is -2.55. The van der Waals surface area contributed by atoms with Crippen molar-refractivity contribution in [1.29, 1.82) is 5.26 Å². The first-order chi connectivity index (χ1) is 17.6. The number of nitro groups is 1. The highest BCUT2D eigenvalue weighted by Crippen LogP contribution is 2.35. The minimum Gasteiger partial charge on any atom is -0.368 e. The maximum absolute atomic E-state index is 13.8. The van der Waals surface area contributed by atoms with E-state index in [1.165, 1.54) is 18.1 Å². The summed E-state index contributed by atoms with van der Waals surface area (Å²) >= 11 is 0. The third-order valence-corrected chi connectivity index (χ3v) is 8.07. The second kappa shape index (κ2) is 10.7. The molecule has 0 N–H and O–H groups in total. The minimum absolute atomic E-state index is 0.127. The van der Waals surface area contributed by atoms with Crippen LogP contribution >= 0.6 is 0 Å². The molecule has 1 aliphatic carbocycles. The average Bonchev–Trinajstić information content (AvgIpc) is 2.93. The third-order valence-electron chi connectivity index (χ3n) is 8.07. The number of carbonyl (C=O) groups excluding carboxylic acids is 1. The van der Waals surface area contributed by atoms with Crippen molar-refractivity contribution >= 4 is 23.0 Å². The number of fused-ring (bicyclic) bond motifs is 1. The topological polar surface area (TPSA) is 93.7 Å².